The third kappa shape index (κ3) is 5.22. The lowest BCUT2D eigenvalue weighted by molar-refractivity contribution is -0.135. The first-order chi connectivity index (χ1) is 19.9. The Kier molecular flexibility index (Phi) is 7.53. The van der Waals surface area contributed by atoms with Gasteiger partial charge in [-0.1, -0.05) is 25.3 Å². The van der Waals surface area contributed by atoms with Crippen LogP contribution >= 0.6 is 0 Å². The van der Waals surface area contributed by atoms with Gasteiger partial charge in [0.1, 0.15) is 5.75 Å². The molecule has 1 aliphatic carbocycles. The van der Waals surface area contributed by atoms with Crippen molar-refractivity contribution in [3.63, 3.8) is 0 Å². The van der Waals surface area contributed by atoms with Crippen LogP contribution in [0.1, 0.15) is 59.5 Å². The van der Waals surface area contributed by atoms with E-state index in [0.29, 0.717) is 43.5 Å². The molecule has 0 unspecified atom stereocenters. The number of hydrogen-bond donors (Lipinski definition) is 2. The zero-order valence-corrected chi connectivity index (χ0v) is 23.3. The molecular weight excluding hydrogens is 522 g/mol. The predicted molar refractivity (Wildman–Crippen MR) is 155 cm³/mol. The standard InChI is InChI=1S/C32H35N3O6/c1-40-24-8-10-25-22(16-24)15-23(31(37)33-18-28(36)34-11-13-41-14-12-34)19-35-27-17-21(32(38)39)7-9-26(27)29(30(25)35)20-5-3-2-4-6-20/h7-10,15-17,20H,2-6,11-14,18-19H2,1H3,(H,33,37)(H,38,39). The second-order valence-corrected chi connectivity index (χ2v) is 11.0. The number of fused-ring (bicyclic) bond motifs is 5. The van der Waals surface area contributed by atoms with Crippen molar-refractivity contribution in [3.05, 3.63) is 58.7 Å². The average molecular weight is 558 g/mol. The number of rotatable bonds is 6. The van der Waals surface area contributed by atoms with Crippen LogP contribution in [0.5, 0.6) is 5.75 Å². The van der Waals surface area contributed by atoms with Crippen molar-refractivity contribution in [3.8, 4) is 17.0 Å². The summed E-state index contributed by atoms with van der Waals surface area (Å²) in [5.41, 5.74) is 5.57. The predicted octanol–water partition coefficient (Wildman–Crippen LogP) is 4.43. The third-order valence-corrected chi connectivity index (χ3v) is 8.59. The van der Waals surface area contributed by atoms with E-state index in [1.807, 2.05) is 30.3 Å². The zero-order valence-electron chi connectivity index (χ0n) is 23.3. The highest BCUT2D eigenvalue weighted by atomic mass is 16.5. The van der Waals surface area contributed by atoms with Crippen LogP contribution in [0.15, 0.2) is 42.0 Å². The molecule has 9 nitrogen and oxygen atoms in total. The number of nitrogens with one attached hydrogen (secondary N) is 1. The normalized spacial score (nSPS) is 17.3. The molecule has 1 saturated carbocycles. The van der Waals surface area contributed by atoms with Gasteiger partial charge < -0.3 is 29.4 Å². The third-order valence-electron chi connectivity index (χ3n) is 8.59. The fraction of sp³-hybridized carbons (Fsp3) is 0.406. The monoisotopic (exact) mass is 557 g/mol. The van der Waals surface area contributed by atoms with Crippen LogP contribution < -0.4 is 10.1 Å². The van der Waals surface area contributed by atoms with Crippen LogP contribution in [0, 0.1) is 0 Å². The highest BCUT2D eigenvalue weighted by Crippen LogP contribution is 2.47. The molecule has 9 heteroatoms. The number of amides is 2. The van der Waals surface area contributed by atoms with E-state index < -0.39 is 5.97 Å². The number of morpholine rings is 1. The summed E-state index contributed by atoms with van der Waals surface area (Å²) in [6.07, 6.45) is 7.55. The summed E-state index contributed by atoms with van der Waals surface area (Å²) in [5, 5.41) is 13.7. The molecule has 2 N–H and O–H groups in total. The van der Waals surface area contributed by atoms with Gasteiger partial charge in [0.25, 0.3) is 0 Å². The molecule has 3 heterocycles. The number of aromatic carboxylic acids is 1. The summed E-state index contributed by atoms with van der Waals surface area (Å²) in [6.45, 7) is 2.16. The Morgan fingerprint density at radius 1 is 1.05 bits per heavy atom. The Hall–Kier alpha value is -4.11. The number of aromatic nitrogens is 1. The van der Waals surface area contributed by atoms with Gasteiger partial charge in [-0.3, -0.25) is 9.59 Å². The van der Waals surface area contributed by atoms with Crippen molar-refractivity contribution in [2.45, 2.75) is 44.6 Å². The van der Waals surface area contributed by atoms with Gasteiger partial charge in [0.15, 0.2) is 0 Å². The molecule has 0 radical (unpaired) electrons. The van der Waals surface area contributed by atoms with E-state index in [1.54, 1.807) is 24.1 Å². The van der Waals surface area contributed by atoms with Gasteiger partial charge in [0.05, 0.1) is 44.7 Å². The molecule has 3 aromatic rings. The summed E-state index contributed by atoms with van der Waals surface area (Å²) < 4.78 is 13.0. The second kappa shape index (κ2) is 11.4. The van der Waals surface area contributed by atoms with Gasteiger partial charge in [0.2, 0.25) is 11.8 Å². The number of nitrogens with zero attached hydrogens (tertiary/aromatic N) is 2. The minimum absolute atomic E-state index is 0.100. The number of hydrogen-bond acceptors (Lipinski definition) is 5. The number of carboxylic acids is 1. The van der Waals surface area contributed by atoms with Crippen molar-refractivity contribution < 1.29 is 29.0 Å². The van der Waals surface area contributed by atoms with Crippen LogP contribution in [0.3, 0.4) is 0 Å². The first-order valence-corrected chi connectivity index (χ1v) is 14.4. The number of carboxylic acid groups (broad SMARTS) is 1. The fourth-order valence-electron chi connectivity index (χ4n) is 6.51. The maximum absolute atomic E-state index is 13.6. The topological polar surface area (TPSA) is 110 Å². The lowest BCUT2D eigenvalue weighted by Gasteiger charge is -2.27. The van der Waals surface area contributed by atoms with E-state index in [2.05, 4.69) is 9.88 Å². The van der Waals surface area contributed by atoms with Gasteiger partial charge in [-0.05, 0) is 66.3 Å². The molecule has 214 valence electrons. The number of ether oxygens (including phenoxy) is 2. The highest BCUT2D eigenvalue weighted by Gasteiger charge is 2.31. The molecule has 2 aromatic carbocycles. The summed E-state index contributed by atoms with van der Waals surface area (Å²) in [6, 6.07) is 11.2. The molecule has 1 aromatic heterocycles. The zero-order chi connectivity index (χ0) is 28.5. The minimum atomic E-state index is -0.990. The summed E-state index contributed by atoms with van der Waals surface area (Å²) in [7, 11) is 1.62. The molecule has 2 aliphatic heterocycles. The number of carbonyl (C=O) groups is 3. The van der Waals surface area contributed by atoms with E-state index in [0.717, 1.165) is 53.4 Å². The second-order valence-electron chi connectivity index (χ2n) is 11.0. The number of methoxy groups -OCH3 is 1. The van der Waals surface area contributed by atoms with Crippen molar-refractivity contribution in [2.75, 3.05) is 40.0 Å². The Bertz CT molecular complexity index is 1540. The van der Waals surface area contributed by atoms with Gasteiger partial charge in [-0.25, -0.2) is 4.79 Å². The van der Waals surface area contributed by atoms with Crippen molar-refractivity contribution >= 4 is 34.8 Å². The van der Waals surface area contributed by atoms with E-state index in [9.17, 15) is 19.5 Å². The van der Waals surface area contributed by atoms with Crippen LogP contribution in [-0.4, -0.2) is 72.3 Å². The number of benzene rings is 2. The average Bonchev–Trinajstić information content (AvgIpc) is 3.22. The lowest BCUT2D eigenvalue weighted by atomic mass is 9.81. The van der Waals surface area contributed by atoms with Crippen LogP contribution in [0.25, 0.3) is 28.2 Å². The molecule has 0 bridgehead atoms. The van der Waals surface area contributed by atoms with Gasteiger partial charge in [-0.2, -0.15) is 0 Å². The Morgan fingerprint density at radius 3 is 2.56 bits per heavy atom. The molecule has 2 fully saturated rings. The Balaban J connectivity index is 1.46. The molecule has 0 atom stereocenters. The van der Waals surface area contributed by atoms with Crippen LogP contribution in [0.2, 0.25) is 0 Å². The van der Waals surface area contributed by atoms with Gasteiger partial charge in [0, 0.05) is 35.1 Å². The molecule has 41 heavy (non-hydrogen) atoms. The van der Waals surface area contributed by atoms with Crippen LogP contribution in [0.4, 0.5) is 0 Å². The lowest BCUT2D eigenvalue weighted by Crippen LogP contribution is -2.45. The Labute approximate surface area is 238 Å². The van der Waals surface area contributed by atoms with E-state index in [4.69, 9.17) is 9.47 Å². The smallest absolute Gasteiger partial charge is 0.335 e. The maximum atomic E-state index is 13.6. The molecule has 2 amide bonds. The minimum Gasteiger partial charge on any atom is -0.497 e. The first kappa shape index (κ1) is 27.1. The van der Waals surface area contributed by atoms with Crippen molar-refractivity contribution in [2.24, 2.45) is 0 Å². The highest BCUT2D eigenvalue weighted by molar-refractivity contribution is 6.04. The van der Waals surface area contributed by atoms with Crippen molar-refractivity contribution in [1.82, 2.24) is 14.8 Å². The summed E-state index contributed by atoms with van der Waals surface area (Å²) in [5.74, 6) is -0.441. The fourth-order valence-corrected chi connectivity index (χ4v) is 6.51. The Morgan fingerprint density at radius 2 is 1.83 bits per heavy atom. The summed E-state index contributed by atoms with van der Waals surface area (Å²) >= 11 is 0. The maximum Gasteiger partial charge on any atom is 0.335 e. The quantitative estimate of drug-likeness (QED) is 0.464. The van der Waals surface area contributed by atoms with E-state index in [1.165, 1.54) is 12.0 Å². The summed E-state index contributed by atoms with van der Waals surface area (Å²) in [4.78, 5) is 40.0. The van der Waals surface area contributed by atoms with Gasteiger partial charge >= 0.3 is 5.97 Å². The first-order valence-electron chi connectivity index (χ1n) is 14.4. The molecule has 1 saturated heterocycles. The number of carbonyl (C=O) groups excluding carboxylic acids is 2. The molecule has 0 spiro atoms. The van der Waals surface area contributed by atoms with E-state index >= 15 is 0 Å². The van der Waals surface area contributed by atoms with Crippen LogP contribution in [-0.2, 0) is 20.9 Å². The molecule has 3 aliphatic rings. The molecule has 6 rings (SSSR count). The largest absolute Gasteiger partial charge is 0.497 e. The van der Waals surface area contributed by atoms with E-state index in [-0.39, 0.29) is 30.5 Å². The van der Waals surface area contributed by atoms with Gasteiger partial charge in [-0.15, -0.1) is 0 Å². The van der Waals surface area contributed by atoms with Crippen molar-refractivity contribution in [1.29, 1.82) is 0 Å². The SMILES string of the molecule is COc1ccc2c(c1)C=C(C(=O)NCC(=O)N1CCOCC1)Cn1c-2c(C2CCCCC2)c2ccc(C(=O)O)cc21. The molecular formula is C32H35N3O6.